The lowest BCUT2D eigenvalue weighted by atomic mass is 9.95. The van der Waals surface area contributed by atoms with Crippen LogP contribution in [-0.4, -0.2) is 35.2 Å². The molecule has 0 aliphatic rings. The summed E-state index contributed by atoms with van der Waals surface area (Å²) in [6, 6.07) is 11.9. The molecule has 6 nitrogen and oxygen atoms in total. The lowest BCUT2D eigenvalue weighted by Crippen LogP contribution is -2.14. The van der Waals surface area contributed by atoms with Crippen LogP contribution in [0.2, 0.25) is 0 Å². The smallest absolute Gasteiger partial charge is 0.330 e. The highest BCUT2D eigenvalue weighted by Gasteiger charge is 2.20. The largest absolute Gasteiger partial charge is 0.497 e. The van der Waals surface area contributed by atoms with Gasteiger partial charge in [0, 0.05) is 12.0 Å². The fourth-order valence-electron chi connectivity index (χ4n) is 2.64. The summed E-state index contributed by atoms with van der Waals surface area (Å²) in [7, 11) is -1.08. The Hall–Kier alpha value is -2.64. The number of hydrogen-bond donors (Lipinski definition) is 0. The molecular weight excluding hydrogens is 380 g/mol. The van der Waals surface area contributed by atoms with E-state index in [1.165, 1.54) is 25.3 Å². The van der Waals surface area contributed by atoms with Gasteiger partial charge in [-0.25, -0.2) is 4.79 Å². The lowest BCUT2D eigenvalue weighted by molar-refractivity contribution is -0.134. The van der Waals surface area contributed by atoms with E-state index in [9.17, 15) is 13.2 Å². The van der Waals surface area contributed by atoms with Crippen molar-refractivity contribution in [3.8, 4) is 5.75 Å². The number of ether oxygens (including phenoxy) is 2. The van der Waals surface area contributed by atoms with Crippen LogP contribution in [0.15, 0.2) is 59.5 Å². The van der Waals surface area contributed by atoms with Gasteiger partial charge >= 0.3 is 5.97 Å². The highest BCUT2D eigenvalue weighted by molar-refractivity contribution is 7.86. The molecule has 0 N–H and O–H groups in total. The second kappa shape index (κ2) is 9.52. The van der Waals surface area contributed by atoms with Crippen LogP contribution >= 0.6 is 0 Å². The molecule has 0 saturated carbocycles. The standard InChI is InChI=1S/C21H24O6S/c1-15-5-9-19(10-6-15)28(23,24)27-14-17(7-12-21(22)26-4)20-11-8-18(25-3)13-16(20)2/h5-13,17H,14H2,1-4H3/b12-7+/t17-/m1/s1. The maximum atomic E-state index is 12.5. The fraction of sp³-hybridized carbons (Fsp3) is 0.286. The molecule has 0 aromatic heterocycles. The van der Waals surface area contributed by atoms with Crippen molar-refractivity contribution >= 4 is 16.1 Å². The first-order chi connectivity index (χ1) is 13.3. The summed E-state index contributed by atoms with van der Waals surface area (Å²) in [5, 5.41) is 0. The first-order valence-electron chi connectivity index (χ1n) is 8.63. The summed E-state index contributed by atoms with van der Waals surface area (Å²) < 4.78 is 40.1. The molecule has 0 aliphatic carbocycles. The SMILES string of the molecule is COC(=O)/C=C/[C@H](COS(=O)(=O)c1ccc(C)cc1)c1ccc(OC)cc1C. The van der Waals surface area contributed by atoms with Crippen LogP contribution in [-0.2, 0) is 23.8 Å². The maximum absolute atomic E-state index is 12.5. The third kappa shape index (κ3) is 5.68. The predicted octanol–water partition coefficient (Wildman–Crippen LogP) is 3.53. The predicted molar refractivity (Wildman–Crippen MR) is 106 cm³/mol. The van der Waals surface area contributed by atoms with Crippen LogP contribution < -0.4 is 4.74 Å². The topological polar surface area (TPSA) is 78.9 Å². The monoisotopic (exact) mass is 404 g/mol. The number of methoxy groups -OCH3 is 2. The second-order valence-corrected chi connectivity index (χ2v) is 7.88. The molecule has 28 heavy (non-hydrogen) atoms. The van der Waals surface area contributed by atoms with Crippen molar-refractivity contribution in [2.24, 2.45) is 0 Å². The Kier molecular flexibility index (Phi) is 7.37. The molecule has 7 heteroatoms. The number of carbonyl (C=O) groups is 1. The molecule has 0 radical (unpaired) electrons. The summed E-state index contributed by atoms with van der Waals surface area (Å²) >= 11 is 0. The molecule has 0 fully saturated rings. The minimum atomic E-state index is -3.92. The van der Waals surface area contributed by atoms with Gasteiger partial charge in [-0.1, -0.05) is 29.8 Å². The zero-order valence-electron chi connectivity index (χ0n) is 16.3. The van der Waals surface area contributed by atoms with Gasteiger partial charge in [-0.05, 0) is 49.2 Å². The van der Waals surface area contributed by atoms with Crippen LogP contribution in [0.4, 0.5) is 0 Å². The van der Waals surface area contributed by atoms with Crippen molar-refractivity contribution in [3.05, 3.63) is 71.3 Å². The summed E-state index contributed by atoms with van der Waals surface area (Å²) in [6.45, 7) is 3.60. The first-order valence-corrected chi connectivity index (χ1v) is 10.0. The van der Waals surface area contributed by atoms with Crippen molar-refractivity contribution in [2.75, 3.05) is 20.8 Å². The number of carbonyl (C=O) groups excluding carboxylic acids is 1. The Morgan fingerprint density at radius 2 is 1.75 bits per heavy atom. The molecule has 0 unspecified atom stereocenters. The number of hydrogen-bond acceptors (Lipinski definition) is 6. The quantitative estimate of drug-likeness (QED) is 0.380. The molecule has 2 aromatic carbocycles. The Bertz CT molecular complexity index is 945. The average Bonchev–Trinajstić information content (AvgIpc) is 2.68. The zero-order valence-corrected chi connectivity index (χ0v) is 17.2. The summed E-state index contributed by atoms with van der Waals surface area (Å²) in [6.07, 6.45) is 2.83. The van der Waals surface area contributed by atoms with Crippen molar-refractivity contribution < 1.29 is 26.9 Å². The van der Waals surface area contributed by atoms with E-state index in [4.69, 9.17) is 8.92 Å². The van der Waals surface area contributed by atoms with E-state index < -0.39 is 22.0 Å². The molecule has 2 rings (SSSR count). The third-order valence-corrected chi connectivity index (χ3v) is 5.55. The molecule has 0 aliphatic heterocycles. The first kappa shape index (κ1) is 21.7. The molecule has 0 amide bonds. The summed E-state index contributed by atoms with van der Waals surface area (Å²) in [4.78, 5) is 11.6. The van der Waals surface area contributed by atoms with Crippen LogP contribution in [0.25, 0.3) is 0 Å². The maximum Gasteiger partial charge on any atom is 0.330 e. The minimum absolute atomic E-state index is 0.0836. The van der Waals surface area contributed by atoms with Gasteiger partial charge in [0.15, 0.2) is 0 Å². The number of benzene rings is 2. The second-order valence-electron chi connectivity index (χ2n) is 6.26. The molecule has 0 spiro atoms. The Balaban J connectivity index is 2.28. The third-order valence-electron chi connectivity index (χ3n) is 4.25. The van der Waals surface area contributed by atoms with E-state index in [1.807, 2.05) is 26.0 Å². The van der Waals surface area contributed by atoms with Crippen LogP contribution in [0.1, 0.15) is 22.6 Å². The fourth-order valence-corrected chi connectivity index (χ4v) is 3.57. The van der Waals surface area contributed by atoms with E-state index >= 15 is 0 Å². The van der Waals surface area contributed by atoms with Crippen LogP contribution in [0.3, 0.4) is 0 Å². The van der Waals surface area contributed by atoms with Crippen LogP contribution in [0, 0.1) is 13.8 Å². The summed E-state index contributed by atoms with van der Waals surface area (Å²) in [5.74, 6) is -0.312. The van der Waals surface area contributed by atoms with Gasteiger partial charge in [-0.3, -0.25) is 4.18 Å². The van der Waals surface area contributed by atoms with Gasteiger partial charge in [0.2, 0.25) is 0 Å². The van der Waals surface area contributed by atoms with Gasteiger partial charge < -0.3 is 9.47 Å². The van der Waals surface area contributed by atoms with Crippen molar-refractivity contribution in [3.63, 3.8) is 0 Å². The minimum Gasteiger partial charge on any atom is -0.497 e. The Morgan fingerprint density at radius 3 is 2.32 bits per heavy atom. The van der Waals surface area contributed by atoms with Gasteiger partial charge in [0.05, 0.1) is 25.7 Å². The molecule has 0 heterocycles. The number of esters is 1. The zero-order chi connectivity index (χ0) is 20.7. The Labute approximate surface area is 165 Å². The molecule has 0 saturated heterocycles. The molecule has 0 bridgehead atoms. The number of aryl methyl sites for hydroxylation is 2. The molecule has 150 valence electrons. The normalized spacial score (nSPS) is 12.7. The van der Waals surface area contributed by atoms with E-state index in [0.29, 0.717) is 5.75 Å². The van der Waals surface area contributed by atoms with Gasteiger partial charge in [-0.2, -0.15) is 8.42 Å². The molecule has 2 aromatic rings. The highest BCUT2D eigenvalue weighted by atomic mass is 32.2. The Morgan fingerprint density at radius 1 is 1.07 bits per heavy atom. The van der Waals surface area contributed by atoms with E-state index in [1.54, 1.807) is 31.4 Å². The molecule has 1 atom stereocenters. The molecular formula is C21H24O6S. The van der Waals surface area contributed by atoms with E-state index in [-0.39, 0.29) is 11.5 Å². The van der Waals surface area contributed by atoms with Crippen molar-refractivity contribution in [1.29, 1.82) is 0 Å². The van der Waals surface area contributed by atoms with Gasteiger partial charge in [0.1, 0.15) is 5.75 Å². The summed E-state index contributed by atoms with van der Waals surface area (Å²) in [5.41, 5.74) is 2.65. The van der Waals surface area contributed by atoms with Crippen molar-refractivity contribution in [2.45, 2.75) is 24.7 Å². The highest BCUT2D eigenvalue weighted by Crippen LogP contribution is 2.27. The van der Waals surface area contributed by atoms with E-state index in [0.717, 1.165) is 16.7 Å². The number of rotatable bonds is 8. The van der Waals surface area contributed by atoms with Gasteiger partial charge in [-0.15, -0.1) is 0 Å². The van der Waals surface area contributed by atoms with E-state index in [2.05, 4.69) is 4.74 Å². The van der Waals surface area contributed by atoms with Crippen molar-refractivity contribution in [1.82, 2.24) is 0 Å². The van der Waals surface area contributed by atoms with Gasteiger partial charge in [0.25, 0.3) is 10.1 Å². The lowest BCUT2D eigenvalue weighted by Gasteiger charge is -2.17. The average molecular weight is 404 g/mol. The van der Waals surface area contributed by atoms with Crippen LogP contribution in [0.5, 0.6) is 5.75 Å².